The van der Waals surface area contributed by atoms with Crippen LogP contribution in [0.25, 0.3) is 10.8 Å². The van der Waals surface area contributed by atoms with Crippen molar-refractivity contribution in [2.24, 2.45) is 0 Å². The van der Waals surface area contributed by atoms with Crippen molar-refractivity contribution >= 4 is 45.1 Å². The maximum absolute atomic E-state index is 12.9. The molecule has 0 saturated carbocycles. The summed E-state index contributed by atoms with van der Waals surface area (Å²) in [6.45, 7) is 0. The van der Waals surface area contributed by atoms with Gasteiger partial charge in [0.2, 0.25) is 5.62 Å². The molecule has 0 bridgehead atoms. The number of hydrogen-bond donors (Lipinski definition) is 3. The summed E-state index contributed by atoms with van der Waals surface area (Å²) >= 11 is 1.73. The van der Waals surface area contributed by atoms with Crippen molar-refractivity contribution < 1.29 is 13.2 Å². The van der Waals surface area contributed by atoms with E-state index in [1.807, 2.05) is 36.4 Å². The predicted molar refractivity (Wildman–Crippen MR) is 93.7 cm³/mol. The Labute approximate surface area is 148 Å². The molecule has 1 aromatic heterocycles. The van der Waals surface area contributed by atoms with E-state index in [2.05, 4.69) is 13.9 Å². The summed E-state index contributed by atoms with van der Waals surface area (Å²) in [6, 6.07) is 14.0. The first-order valence-electron chi connectivity index (χ1n) is 6.77. The first kappa shape index (κ1) is 16.6. The number of rotatable bonds is 3. The number of nitrogens with zero attached hydrogens (tertiary/aromatic N) is 2. The smallest absolute Gasteiger partial charge is 0.340 e. The highest BCUT2D eigenvalue weighted by Gasteiger charge is 2.33. The molecule has 0 saturated heterocycles. The fourth-order valence-corrected chi connectivity index (χ4v) is 2.73. The normalized spacial score (nSPS) is 11.5. The van der Waals surface area contributed by atoms with Crippen molar-refractivity contribution in [2.45, 2.75) is 6.18 Å². The van der Waals surface area contributed by atoms with Gasteiger partial charge in [0.05, 0.1) is 22.9 Å². The van der Waals surface area contributed by atoms with Crippen LogP contribution in [-0.2, 0) is 6.18 Å². The average molecular weight is 445 g/mol. The number of aromatic nitrogens is 2. The van der Waals surface area contributed by atoms with Crippen LogP contribution >= 0.6 is 22.9 Å². The van der Waals surface area contributed by atoms with Crippen LogP contribution in [0, 0.1) is 5.41 Å². The lowest BCUT2D eigenvalue weighted by molar-refractivity contribution is -0.141. The highest BCUT2D eigenvalue weighted by molar-refractivity contribution is 14.1. The molecule has 9 heteroatoms. The third-order valence-electron chi connectivity index (χ3n) is 3.35. The van der Waals surface area contributed by atoms with Gasteiger partial charge in [0.1, 0.15) is 5.82 Å². The number of halogens is 4. The highest BCUT2D eigenvalue weighted by atomic mass is 127. The van der Waals surface area contributed by atoms with E-state index in [9.17, 15) is 13.2 Å². The van der Waals surface area contributed by atoms with Gasteiger partial charge >= 0.3 is 6.18 Å². The van der Waals surface area contributed by atoms with Gasteiger partial charge in [-0.2, -0.15) is 13.2 Å². The molecule has 0 radical (unpaired) electrons. The van der Waals surface area contributed by atoms with Crippen molar-refractivity contribution in [1.29, 1.82) is 5.41 Å². The zero-order valence-electron chi connectivity index (χ0n) is 12.0. The fraction of sp³-hybridized carbons (Fsp3) is 0.0667. The van der Waals surface area contributed by atoms with Crippen LogP contribution in [0.5, 0.6) is 0 Å². The Hall–Kier alpha value is -2.30. The van der Waals surface area contributed by atoms with Crippen molar-refractivity contribution in [3.63, 3.8) is 0 Å². The second kappa shape index (κ2) is 6.30. The van der Waals surface area contributed by atoms with Gasteiger partial charge in [-0.15, -0.1) is 0 Å². The monoisotopic (exact) mass is 445 g/mol. The van der Waals surface area contributed by atoms with E-state index >= 15 is 0 Å². The zero-order chi connectivity index (χ0) is 17.3. The van der Waals surface area contributed by atoms with E-state index in [1.54, 1.807) is 28.9 Å². The second-order valence-corrected chi connectivity index (χ2v) is 5.44. The summed E-state index contributed by atoms with van der Waals surface area (Å²) in [7, 11) is 0. The lowest BCUT2D eigenvalue weighted by atomic mass is 10.1. The maximum Gasteiger partial charge on any atom is 0.433 e. The first-order valence-corrected chi connectivity index (χ1v) is 7.85. The second-order valence-electron chi connectivity index (χ2n) is 4.95. The Morgan fingerprint density at radius 2 is 1.75 bits per heavy atom. The molecule has 0 atom stereocenters. The van der Waals surface area contributed by atoms with Crippen molar-refractivity contribution in [3.05, 3.63) is 59.8 Å². The van der Waals surface area contributed by atoms with E-state index in [-0.39, 0.29) is 5.82 Å². The molecule has 5 nitrogen and oxygen atoms in total. The van der Waals surface area contributed by atoms with Gasteiger partial charge in [0.25, 0.3) is 0 Å². The van der Waals surface area contributed by atoms with Gasteiger partial charge < -0.3 is 5.32 Å². The van der Waals surface area contributed by atoms with Gasteiger partial charge in [0.15, 0.2) is 5.69 Å². The molecule has 2 aromatic carbocycles. The molecule has 0 aliphatic carbocycles. The third kappa shape index (κ3) is 3.30. The number of benzene rings is 2. The van der Waals surface area contributed by atoms with E-state index < -0.39 is 17.5 Å². The molecule has 124 valence electrons. The molecule has 1 heterocycles. The summed E-state index contributed by atoms with van der Waals surface area (Å²) in [5, 5.41) is 12.6. The highest BCUT2D eigenvalue weighted by Crippen LogP contribution is 2.29. The van der Waals surface area contributed by atoms with Gasteiger partial charge in [-0.3, -0.25) is 9.05 Å². The lowest BCUT2D eigenvalue weighted by Crippen LogP contribution is -2.31. The van der Waals surface area contributed by atoms with E-state index in [0.717, 1.165) is 21.5 Å². The molecular weight excluding hydrogens is 434 g/mol. The van der Waals surface area contributed by atoms with Gasteiger partial charge in [-0.1, -0.05) is 30.3 Å². The van der Waals surface area contributed by atoms with Crippen LogP contribution in [0.1, 0.15) is 5.69 Å². The average Bonchev–Trinajstić information content (AvgIpc) is 2.53. The van der Waals surface area contributed by atoms with Crippen LogP contribution in [0.4, 0.5) is 24.7 Å². The molecule has 0 aliphatic rings. The summed E-state index contributed by atoms with van der Waals surface area (Å²) in [5.74, 6) is 0.0620. The number of hydrogen-bond acceptors (Lipinski definition) is 4. The quantitative estimate of drug-likeness (QED) is 0.419. The predicted octanol–water partition coefficient (Wildman–Crippen LogP) is 4.17. The van der Waals surface area contributed by atoms with Crippen LogP contribution in [0.2, 0.25) is 0 Å². The minimum absolute atomic E-state index is 0.0620. The number of alkyl halides is 3. The van der Waals surface area contributed by atoms with Crippen molar-refractivity contribution in [3.8, 4) is 0 Å². The zero-order valence-corrected chi connectivity index (χ0v) is 14.2. The molecule has 3 aromatic rings. The Kier molecular flexibility index (Phi) is 4.35. The largest absolute Gasteiger partial charge is 0.433 e. The van der Waals surface area contributed by atoms with Crippen molar-refractivity contribution in [2.75, 3.05) is 8.96 Å². The SMILES string of the molecule is N=c1nc(C(F)(F)F)cc(Nc2ccc3ccccc3c2)n1NI. The molecule has 0 amide bonds. The van der Waals surface area contributed by atoms with Crippen LogP contribution in [-0.4, -0.2) is 9.66 Å². The summed E-state index contributed by atoms with van der Waals surface area (Å²) < 4.78 is 42.5. The minimum Gasteiger partial charge on any atom is -0.340 e. The minimum atomic E-state index is -4.63. The molecule has 3 N–H and O–H groups in total. The van der Waals surface area contributed by atoms with Crippen LogP contribution < -0.4 is 14.6 Å². The summed E-state index contributed by atoms with van der Waals surface area (Å²) in [4.78, 5) is 3.26. The van der Waals surface area contributed by atoms with Gasteiger partial charge in [-0.25, -0.2) is 9.66 Å². The molecule has 0 spiro atoms. The molecule has 0 fully saturated rings. The molecular formula is C15H11F3IN5. The van der Waals surface area contributed by atoms with Gasteiger partial charge in [0, 0.05) is 11.8 Å². The molecule has 3 rings (SSSR count). The van der Waals surface area contributed by atoms with Gasteiger partial charge in [-0.05, 0) is 22.9 Å². The molecule has 24 heavy (non-hydrogen) atoms. The summed E-state index contributed by atoms with van der Waals surface area (Å²) in [6.07, 6.45) is -4.63. The Morgan fingerprint density at radius 1 is 1.04 bits per heavy atom. The van der Waals surface area contributed by atoms with E-state index in [1.165, 1.54) is 0 Å². The third-order valence-corrected chi connectivity index (χ3v) is 3.83. The Balaban J connectivity index is 2.07. The lowest BCUT2D eigenvalue weighted by Gasteiger charge is -2.16. The molecule has 0 unspecified atom stereocenters. The Morgan fingerprint density at radius 3 is 2.42 bits per heavy atom. The number of anilines is 2. The first-order chi connectivity index (χ1) is 11.4. The number of nitrogens with one attached hydrogen (secondary N) is 3. The standard InChI is InChI=1S/C15H11F3IN5/c16-15(17,18)12-8-13(24(23-19)14(20)22-12)21-11-6-5-9-3-1-2-4-10(9)7-11/h1-8,20-21,23H. The van der Waals surface area contributed by atoms with Crippen LogP contribution in [0.3, 0.4) is 0 Å². The van der Waals surface area contributed by atoms with Crippen molar-refractivity contribution in [1.82, 2.24) is 9.66 Å². The topological polar surface area (TPSA) is 65.7 Å². The molecule has 0 aliphatic heterocycles. The fourth-order valence-electron chi connectivity index (χ4n) is 2.24. The van der Waals surface area contributed by atoms with E-state index in [0.29, 0.717) is 5.69 Å². The Bertz CT molecular complexity index is 952. The van der Waals surface area contributed by atoms with E-state index in [4.69, 9.17) is 5.41 Å². The maximum atomic E-state index is 12.9. The summed E-state index contributed by atoms with van der Waals surface area (Å²) in [5.41, 5.74) is -1.07. The number of fused-ring (bicyclic) bond motifs is 1. The van der Waals surface area contributed by atoms with Crippen LogP contribution in [0.15, 0.2) is 48.5 Å².